The van der Waals surface area contributed by atoms with Crippen LogP contribution in [0.15, 0.2) is 97.6 Å². The van der Waals surface area contributed by atoms with Gasteiger partial charge in [-0.3, -0.25) is 10.2 Å². The zero-order chi connectivity index (χ0) is 25.5. The van der Waals surface area contributed by atoms with E-state index in [1.54, 1.807) is 36.8 Å². The minimum Gasteiger partial charge on any atom is -0.333 e. The molecule has 3 amide bonds. The molecule has 11 heteroatoms. The minimum atomic E-state index is -0.518. The third-order valence-electron chi connectivity index (χ3n) is 5.51. The number of amides is 3. The van der Waals surface area contributed by atoms with E-state index in [-0.39, 0.29) is 0 Å². The van der Waals surface area contributed by atoms with Crippen molar-refractivity contribution in [3.05, 3.63) is 114 Å². The van der Waals surface area contributed by atoms with Crippen LogP contribution in [0.3, 0.4) is 0 Å². The Hall–Kier alpha value is -5.32. The van der Waals surface area contributed by atoms with Gasteiger partial charge in [0, 0.05) is 35.8 Å². The summed E-state index contributed by atoms with van der Waals surface area (Å²) in [6.45, 7) is 0.717. The maximum atomic E-state index is 12.4. The minimum absolute atomic E-state index is 0.308. The van der Waals surface area contributed by atoms with Gasteiger partial charge in [-0.1, -0.05) is 54.6 Å². The van der Waals surface area contributed by atoms with E-state index in [1.165, 1.54) is 4.80 Å². The van der Waals surface area contributed by atoms with Crippen molar-refractivity contribution in [1.29, 1.82) is 0 Å². The van der Waals surface area contributed by atoms with Gasteiger partial charge in [0.2, 0.25) is 5.82 Å². The molecule has 3 N–H and O–H groups in total. The summed E-state index contributed by atoms with van der Waals surface area (Å²) in [6, 6.07) is 23.7. The highest BCUT2D eigenvalue weighted by molar-refractivity contribution is 5.95. The lowest BCUT2D eigenvalue weighted by atomic mass is 10.1. The van der Waals surface area contributed by atoms with Gasteiger partial charge in [-0.05, 0) is 40.6 Å². The molecule has 184 valence electrons. The highest BCUT2D eigenvalue weighted by Gasteiger charge is 2.09. The molecule has 0 fully saturated rings. The number of hydrazine groups is 1. The summed E-state index contributed by atoms with van der Waals surface area (Å²) in [5.41, 5.74) is 8.84. The van der Waals surface area contributed by atoms with E-state index in [4.69, 9.17) is 0 Å². The normalized spacial score (nSPS) is 10.6. The van der Waals surface area contributed by atoms with Crippen LogP contribution in [-0.4, -0.2) is 41.7 Å². The van der Waals surface area contributed by atoms with E-state index in [9.17, 15) is 9.59 Å². The molecule has 0 atom stereocenters. The lowest BCUT2D eigenvalue weighted by Gasteiger charge is -2.10. The van der Waals surface area contributed by atoms with Gasteiger partial charge in [-0.15, -0.1) is 10.2 Å². The van der Waals surface area contributed by atoms with E-state index in [2.05, 4.69) is 36.6 Å². The topological polar surface area (TPSA) is 132 Å². The molecule has 37 heavy (non-hydrogen) atoms. The van der Waals surface area contributed by atoms with Crippen LogP contribution < -0.4 is 16.2 Å². The number of aromatic nitrogens is 6. The molecule has 0 unspecified atom stereocenters. The van der Waals surface area contributed by atoms with E-state index in [0.29, 0.717) is 24.5 Å². The third-order valence-corrected chi connectivity index (χ3v) is 5.51. The van der Waals surface area contributed by atoms with Crippen molar-refractivity contribution in [1.82, 2.24) is 45.9 Å². The molecule has 2 aromatic heterocycles. The standard InChI is InChI=1S/C26H23N9O2/c36-25(30-31-26(37)28-16-19-8-12-23(13-9-19)34-15-14-27-18-34)22-10-6-20(7-11-22)17-35-32-24(29-33-35)21-4-2-1-3-5-21/h1-15,18H,16-17H2,(H,30,36)(H2,28,31,37). The number of imidazole rings is 1. The molecule has 3 aromatic carbocycles. The van der Waals surface area contributed by atoms with E-state index >= 15 is 0 Å². The fourth-order valence-corrected chi connectivity index (χ4v) is 3.55. The number of tetrazole rings is 1. The highest BCUT2D eigenvalue weighted by atomic mass is 16.2. The Bertz CT molecular complexity index is 1460. The number of nitrogens with one attached hydrogen (secondary N) is 3. The van der Waals surface area contributed by atoms with Gasteiger partial charge in [0.15, 0.2) is 0 Å². The Labute approximate surface area is 212 Å². The second kappa shape index (κ2) is 11.0. The van der Waals surface area contributed by atoms with Crippen LogP contribution >= 0.6 is 0 Å². The molecule has 0 saturated carbocycles. The molecule has 0 aliphatic rings. The number of rotatable bonds is 7. The second-order valence-electron chi connectivity index (χ2n) is 8.10. The Balaban J connectivity index is 1.07. The first kappa shape index (κ1) is 23.4. The number of hydrogen-bond donors (Lipinski definition) is 3. The first-order chi connectivity index (χ1) is 18.1. The molecular formula is C26H23N9O2. The summed E-state index contributed by atoms with van der Waals surface area (Å²) in [5.74, 6) is 0.115. The number of urea groups is 1. The van der Waals surface area contributed by atoms with Crippen LogP contribution in [0, 0.1) is 0 Å². The number of benzene rings is 3. The van der Waals surface area contributed by atoms with Crippen LogP contribution in [0.5, 0.6) is 0 Å². The van der Waals surface area contributed by atoms with Crippen molar-refractivity contribution in [2.45, 2.75) is 13.1 Å². The number of nitrogens with zero attached hydrogens (tertiary/aromatic N) is 6. The van der Waals surface area contributed by atoms with Crippen LogP contribution in [0.25, 0.3) is 17.1 Å². The Morgan fingerprint density at radius 2 is 1.59 bits per heavy atom. The van der Waals surface area contributed by atoms with Crippen LogP contribution in [-0.2, 0) is 13.1 Å². The van der Waals surface area contributed by atoms with E-state index in [0.717, 1.165) is 22.4 Å². The average Bonchev–Trinajstić information content (AvgIpc) is 3.65. The first-order valence-electron chi connectivity index (χ1n) is 11.5. The van der Waals surface area contributed by atoms with Crippen molar-refractivity contribution in [3.8, 4) is 17.1 Å². The summed E-state index contributed by atoms with van der Waals surface area (Å²) in [5, 5.41) is 15.3. The number of hydrogen-bond acceptors (Lipinski definition) is 6. The zero-order valence-corrected chi connectivity index (χ0v) is 19.7. The van der Waals surface area contributed by atoms with Gasteiger partial charge in [-0.2, -0.15) is 4.80 Å². The molecular weight excluding hydrogens is 470 g/mol. The molecule has 0 radical (unpaired) electrons. The van der Waals surface area contributed by atoms with Crippen molar-refractivity contribution < 1.29 is 9.59 Å². The lowest BCUT2D eigenvalue weighted by Crippen LogP contribution is -2.46. The van der Waals surface area contributed by atoms with Gasteiger partial charge < -0.3 is 9.88 Å². The molecule has 0 aliphatic heterocycles. The number of carbonyl (C=O) groups excluding carboxylic acids is 2. The van der Waals surface area contributed by atoms with Gasteiger partial charge in [0.1, 0.15) is 0 Å². The van der Waals surface area contributed by atoms with Gasteiger partial charge in [0.25, 0.3) is 5.91 Å². The summed E-state index contributed by atoms with van der Waals surface area (Å²) in [6.07, 6.45) is 5.28. The smallest absolute Gasteiger partial charge is 0.333 e. The summed E-state index contributed by atoms with van der Waals surface area (Å²) < 4.78 is 1.89. The second-order valence-corrected chi connectivity index (χ2v) is 8.10. The van der Waals surface area contributed by atoms with Gasteiger partial charge >= 0.3 is 6.03 Å². The van der Waals surface area contributed by atoms with Crippen LogP contribution in [0.2, 0.25) is 0 Å². The van der Waals surface area contributed by atoms with Gasteiger partial charge in [0.05, 0.1) is 12.9 Å². The average molecular weight is 494 g/mol. The first-order valence-corrected chi connectivity index (χ1v) is 11.5. The Morgan fingerprint density at radius 1 is 0.838 bits per heavy atom. The molecule has 5 aromatic rings. The molecule has 2 heterocycles. The van der Waals surface area contributed by atoms with Crippen molar-refractivity contribution in [3.63, 3.8) is 0 Å². The number of carbonyl (C=O) groups is 2. The molecule has 0 aliphatic carbocycles. The summed E-state index contributed by atoms with van der Waals surface area (Å²) >= 11 is 0. The van der Waals surface area contributed by atoms with Crippen molar-refractivity contribution >= 4 is 11.9 Å². The predicted octanol–water partition coefficient (Wildman–Crippen LogP) is 2.72. The zero-order valence-electron chi connectivity index (χ0n) is 19.7. The quantitative estimate of drug-likeness (QED) is 0.299. The van der Waals surface area contributed by atoms with Crippen LogP contribution in [0.4, 0.5) is 4.79 Å². The van der Waals surface area contributed by atoms with Crippen molar-refractivity contribution in [2.75, 3.05) is 0 Å². The van der Waals surface area contributed by atoms with Gasteiger partial charge in [-0.25, -0.2) is 15.2 Å². The van der Waals surface area contributed by atoms with E-state index in [1.807, 2.05) is 65.4 Å². The SMILES string of the molecule is O=C(NCc1ccc(-n2ccnc2)cc1)NNC(=O)c1ccc(Cn2nnc(-c3ccccc3)n2)cc1. The summed E-state index contributed by atoms with van der Waals surface area (Å²) in [4.78, 5) is 30.0. The fourth-order valence-electron chi connectivity index (χ4n) is 3.55. The maximum absolute atomic E-state index is 12.4. The summed E-state index contributed by atoms with van der Waals surface area (Å²) in [7, 11) is 0. The Kier molecular flexibility index (Phi) is 6.93. The largest absolute Gasteiger partial charge is 0.333 e. The van der Waals surface area contributed by atoms with Crippen LogP contribution in [0.1, 0.15) is 21.5 Å². The molecule has 0 spiro atoms. The lowest BCUT2D eigenvalue weighted by molar-refractivity contribution is 0.0936. The third kappa shape index (κ3) is 6.03. The molecule has 0 saturated heterocycles. The van der Waals surface area contributed by atoms with E-state index < -0.39 is 11.9 Å². The molecule has 0 bridgehead atoms. The van der Waals surface area contributed by atoms with Crippen molar-refractivity contribution in [2.24, 2.45) is 0 Å². The predicted molar refractivity (Wildman–Crippen MR) is 135 cm³/mol. The Morgan fingerprint density at radius 3 is 2.32 bits per heavy atom. The highest BCUT2D eigenvalue weighted by Crippen LogP contribution is 2.13. The molecule has 11 nitrogen and oxygen atoms in total. The monoisotopic (exact) mass is 493 g/mol. The fraction of sp³-hybridized carbons (Fsp3) is 0.0769. The molecule has 5 rings (SSSR count). The maximum Gasteiger partial charge on any atom is 0.333 e.